The Morgan fingerprint density at radius 2 is 1.52 bits per heavy atom. The number of hydrogen-bond acceptors (Lipinski definition) is 4. The van der Waals surface area contributed by atoms with E-state index in [1.807, 2.05) is 4.90 Å². The molecule has 0 aromatic rings. The summed E-state index contributed by atoms with van der Waals surface area (Å²) < 4.78 is 4.99. The molecule has 0 bridgehead atoms. The Hall–Kier alpha value is -1.79. The van der Waals surface area contributed by atoms with Crippen LogP contribution in [0.15, 0.2) is 0 Å². The minimum absolute atomic E-state index is 0.0862. The Morgan fingerprint density at radius 3 is 2.08 bits per heavy atom. The maximum atomic E-state index is 12.9. The fourth-order valence-electron chi connectivity index (χ4n) is 3.56. The van der Waals surface area contributed by atoms with Gasteiger partial charge in [-0.2, -0.15) is 0 Å². The van der Waals surface area contributed by atoms with Gasteiger partial charge in [0.05, 0.1) is 6.61 Å². The number of carbonyl (C=O) groups is 3. The fraction of sp³-hybridized carbons (Fsp3) is 0.833. The van der Waals surface area contributed by atoms with E-state index in [0.717, 1.165) is 25.9 Å². The lowest BCUT2D eigenvalue weighted by Crippen LogP contribution is -2.57. The van der Waals surface area contributed by atoms with Crippen LogP contribution in [-0.2, 0) is 14.3 Å². The zero-order valence-corrected chi connectivity index (χ0v) is 15.9. The smallest absolute Gasteiger partial charge is 0.409 e. The molecule has 0 N–H and O–H groups in total. The van der Waals surface area contributed by atoms with Gasteiger partial charge < -0.3 is 19.4 Å². The van der Waals surface area contributed by atoms with E-state index < -0.39 is 5.41 Å². The maximum Gasteiger partial charge on any atom is 0.409 e. The van der Waals surface area contributed by atoms with Crippen LogP contribution in [0.5, 0.6) is 0 Å². The summed E-state index contributed by atoms with van der Waals surface area (Å²) in [5.74, 6) is 0.243. The van der Waals surface area contributed by atoms with Crippen LogP contribution in [0.2, 0.25) is 0 Å². The zero-order valence-electron chi connectivity index (χ0n) is 15.9. The topological polar surface area (TPSA) is 70.2 Å². The predicted molar refractivity (Wildman–Crippen MR) is 93.9 cm³/mol. The van der Waals surface area contributed by atoms with E-state index in [1.54, 1.807) is 30.6 Å². The number of likely N-dealkylation sites (tertiary alicyclic amines) is 1. The molecule has 0 radical (unpaired) electrons. The van der Waals surface area contributed by atoms with Gasteiger partial charge in [0.2, 0.25) is 11.8 Å². The van der Waals surface area contributed by atoms with Gasteiger partial charge in [-0.3, -0.25) is 9.59 Å². The third-order valence-electron chi connectivity index (χ3n) is 5.11. The second-order valence-electron chi connectivity index (χ2n) is 7.60. The highest BCUT2D eigenvalue weighted by Crippen LogP contribution is 2.26. The van der Waals surface area contributed by atoms with Crippen LogP contribution in [-0.4, -0.2) is 78.5 Å². The first-order valence-corrected chi connectivity index (χ1v) is 9.27. The lowest BCUT2D eigenvalue weighted by atomic mass is 9.87. The molecule has 2 heterocycles. The van der Waals surface area contributed by atoms with Crippen molar-refractivity contribution in [2.75, 3.05) is 45.9 Å². The molecule has 1 unspecified atom stereocenters. The molecule has 7 heteroatoms. The number of piperidine rings is 1. The van der Waals surface area contributed by atoms with Gasteiger partial charge in [0.1, 0.15) is 5.41 Å². The lowest BCUT2D eigenvalue weighted by molar-refractivity contribution is -0.156. The van der Waals surface area contributed by atoms with Gasteiger partial charge in [0, 0.05) is 39.3 Å². The Kier molecular flexibility index (Phi) is 6.30. The standard InChI is InChI=1S/C18H31N3O4/c1-5-25-17(24)20-11-9-19(10-12-20)15(22)18(3,4)16(23)21-8-6-7-14(2)13-21/h14H,5-13H2,1-4H3. The SMILES string of the molecule is CCOC(=O)N1CCN(C(=O)C(C)(C)C(=O)N2CCCC(C)C2)CC1. The Bertz CT molecular complexity index is 512. The minimum atomic E-state index is -1.07. The van der Waals surface area contributed by atoms with Crippen molar-refractivity contribution in [3.05, 3.63) is 0 Å². The molecule has 0 aliphatic carbocycles. The van der Waals surface area contributed by atoms with E-state index in [1.165, 1.54) is 0 Å². The van der Waals surface area contributed by atoms with Crippen LogP contribution in [0.1, 0.15) is 40.5 Å². The Balaban J connectivity index is 1.94. The third-order valence-corrected chi connectivity index (χ3v) is 5.11. The summed E-state index contributed by atoms with van der Waals surface area (Å²) in [5.41, 5.74) is -1.07. The van der Waals surface area contributed by atoms with Crippen molar-refractivity contribution in [2.24, 2.45) is 11.3 Å². The molecule has 25 heavy (non-hydrogen) atoms. The number of nitrogens with zero attached hydrogens (tertiary/aromatic N) is 3. The van der Waals surface area contributed by atoms with Gasteiger partial charge in [-0.25, -0.2) is 4.79 Å². The fourth-order valence-corrected chi connectivity index (χ4v) is 3.56. The van der Waals surface area contributed by atoms with Crippen LogP contribution >= 0.6 is 0 Å². The molecule has 142 valence electrons. The van der Waals surface area contributed by atoms with Gasteiger partial charge in [-0.15, -0.1) is 0 Å². The first-order chi connectivity index (χ1) is 11.8. The molecule has 3 amide bonds. The van der Waals surface area contributed by atoms with Crippen LogP contribution in [0.3, 0.4) is 0 Å². The second-order valence-corrected chi connectivity index (χ2v) is 7.60. The van der Waals surface area contributed by atoms with Crippen molar-refractivity contribution in [1.29, 1.82) is 0 Å². The first kappa shape index (κ1) is 19.5. The van der Waals surface area contributed by atoms with Gasteiger partial charge in [0.15, 0.2) is 0 Å². The number of carbonyl (C=O) groups excluding carboxylic acids is 3. The monoisotopic (exact) mass is 353 g/mol. The molecular weight excluding hydrogens is 322 g/mol. The number of amides is 3. The van der Waals surface area contributed by atoms with Crippen molar-refractivity contribution in [3.8, 4) is 0 Å². The number of piperazine rings is 1. The molecular formula is C18H31N3O4. The first-order valence-electron chi connectivity index (χ1n) is 9.27. The summed E-state index contributed by atoms with van der Waals surface area (Å²) in [7, 11) is 0. The van der Waals surface area contributed by atoms with Crippen molar-refractivity contribution >= 4 is 17.9 Å². The predicted octanol–water partition coefficient (Wildman–Crippen LogP) is 1.57. The van der Waals surface area contributed by atoms with Crippen molar-refractivity contribution < 1.29 is 19.1 Å². The average molecular weight is 353 g/mol. The number of rotatable bonds is 3. The molecule has 0 aromatic carbocycles. The molecule has 0 spiro atoms. The Morgan fingerprint density at radius 1 is 0.960 bits per heavy atom. The minimum Gasteiger partial charge on any atom is -0.450 e. The summed E-state index contributed by atoms with van der Waals surface area (Å²) in [6, 6.07) is 0. The van der Waals surface area contributed by atoms with Crippen LogP contribution < -0.4 is 0 Å². The van der Waals surface area contributed by atoms with Gasteiger partial charge >= 0.3 is 6.09 Å². The van der Waals surface area contributed by atoms with Crippen LogP contribution in [0.4, 0.5) is 4.79 Å². The largest absolute Gasteiger partial charge is 0.450 e. The van der Waals surface area contributed by atoms with E-state index in [9.17, 15) is 14.4 Å². The summed E-state index contributed by atoms with van der Waals surface area (Å²) >= 11 is 0. The average Bonchev–Trinajstić information content (AvgIpc) is 2.60. The molecule has 1 atom stereocenters. The van der Waals surface area contributed by atoms with E-state index >= 15 is 0 Å². The molecule has 2 aliphatic heterocycles. The molecule has 0 saturated carbocycles. The number of ether oxygens (including phenoxy) is 1. The molecule has 2 rings (SSSR count). The third kappa shape index (κ3) is 4.44. The normalized spacial score (nSPS) is 21.9. The summed E-state index contributed by atoms with van der Waals surface area (Å²) in [6.07, 6.45) is 1.79. The van der Waals surface area contributed by atoms with Gasteiger partial charge in [-0.1, -0.05) is 6.92 Å². The van der Waals surface area contributed by atoms with Gasteiger partial charge in [-0.05, 0) is 39.5 Å². The summed E-state index contributed by atoms with van der Waals surface area (Å²) in [6.45, 7) is 10.9. The van der Waals surface area contributed by atoms with E-state index in [-0.39, 0.29) is 17.9 Å². The molecule has 0 aromatic heterocycles. The van der Waals surface area contributed by atoms with Gasteiger partial charge in [0.25, 0.3) is 0 Å². The quantitative estimate of drug-likeness (QED) is 0.722. The molecule has 2 saturated heterocycles. The Labute approximate surface area is 150 Å². The lowest BCUT2D eigenvalue weighted by Gasteiger charge is -2.40. The molecule has 2 aliphatic rings. The van der Waals surface area contributed by atoms with Crippen molar-refractivity contribution in [2.45, 2.75) is 40.5 Å². The molecule has 7 nitrogen and oxygen atoms in total. The van der Waals surface area contributed by atoms with Crippen LogP contribution in [0.25, 0.3) is 0 Å². The number of hydrogen-bond donors (Lipinski definition) is 0. The van der Waals surface area contributed by atoms with Crippen molar-refractivity contribution in [3.63, 3.8) is 0 Å². The second kappa shape index (κ2) is 8.06. The molecule has 2 fully saturated rings. The van der Waals surface area contributed by atoms with E-state index in [2.05, 4.69) is 6.92 Å². The van der Waals surface area contributed by atoms with Crippen LogP contribution in [0, 0.1) is 11.3 Å². The maximum absolute atomic E-state index is 12.9. The highest BCUT2D eigenvalue weighted by Gasteiger charge is 2.43. The highest BCUT2D eigenvalue weighted by atomic mass is 16.6. The van der Waals surface area contributed by atoms with E-state index in [0.29, 0.717) is 38.7 Å². The summed E-state index contributed by atoms with van der Waals surface area (Å²) in [4.78, 5) is 42.7. The van der Waals surface area contributed by atoms with E-state index in [4.69, 9.17) is 4.74 Å². The summed E-state index contributed by atoms with van der Waals surface area (Å²) in [5, 5.41) is 0. The zero-order chi connectivity index (χ0) is 18.6. The highest BCUT2D eigenvalue weighted by molar-refractivity contribution is 6.04. The van der Waals surface area contributed by atoms with Crippen molar-refractivity contribution in [1.82, 2.24) is 14.7 Å².